The summed E-state index contributed by atoms with van der Waals surface area (Å²) in [6.07, 6.45) is 0. The average Bonchev–Trinajstić information content (AvgIpc) is 3.05. The maximum atomic E-state index is 12.9. The Labute approximate surface area is 173 Å². The van der Waals surface area contributed by atoms with E-state index in [1.165, 1.54) is 4.68 Å². The molecule has 0 aliphatic heterocycles. The Morgan fingerprint density at radius 2 is 1.55 bits per heavy atom. The average molecular weight is 413 g/mol. The van der Waals surface area contributed by atoms with Gasteiger partial charge in [0.15, 0.2) is 0 Å². The van der Waals surface area contributed by atoms with Crippen molar-refractivity contribution in [2.45, 2.75) is 57.8 Å². The van der Waals surface area contributed by atoms with Crippen LogP contribution in [0.1, 0.15) is 57.4 Å². The molecule has 0 saturated heterocycles. The van der Waals surface area contributed by atoms with Gasteiger partial charge >= 0.3 is 10.1 Å². The second-order valence-corrected chi connectivity index (χ2v) is 10.2. The summed E-state index contributed by atoms with van der Waals surface area (Å²) in [4.78, 5) is 0.119. The van der Waals surface area contributed by atoms with E-state index in [1.54, 1.807) is 18.2 Å². The molecule has 3 rings (SSSR count). The van der Waals surface area contributed by atoms with E-state index in [2.05, 4.69) is 25.9 Å². The number of aryl methyl sites for hydroxylation is 1. The van der Waals surface area contributed by atoms with Crippen LogP contribution in [-0.4, -0.2) is 18.2 Å². The molecule has 5 nitrogen and oxygen atoms in total. The third-order valence-electron chi connectivity index (χ3n) is 4.77. The second-order valence-electron chi connectivity index (χ2n) is 8.62. The van der Waals surface area contributed by atoms with Gasteiger partial charge in [0.25, 0.3) is 0 Å². The predicted molar refractivity (Wildman–Crippen MR) is 115 cm³/mol. The number of aromatic nitrogens is 2. The highest BCUT2D eigenvalue weighted by Crippen LogP contribution is 2.28. The molecule has 0 atom stereocenters. The fourth-order valence-electron chi connectivity index (χ4n) is 2.88. The summed E-state index contributed by atoms with van der Waals surface area (Å²) in [5.41, 5.74) is 3.62. The minimum absolute atomic E-state index is 0.0562. The molecule has 1 heterocycles. The zero-order chi connectivity index (χ0) is 21.4. The number of nitrogens with zero attached hydrogens (tertiary/aromatic N) is 2. The first-order valence-corrected chi connectivity index (χ1v) is 11.1. The zero-order valence-electron chi connectivity index (χ0n) is 17.8. The van der Waals surface area contributed by atoms with Gasteiger partial charge in [0.2, 0.25) is 5.88 Å². The monoisotopic (exact) mass is 412 g/mol. The molecule has 3 aromatic rings. The van der Waals surface area contributed by atoms with Crippen LogP contribution in [0.4, 0.5) is 0 Å². The van der Waals surface area contributed by atoms with E-state index in [0.29, 0.717) is 0 Å². The Kier molecular flexibility index (Phi) is 5.59. The molecule has 0 aliphatic carbocycles. The molecule has 0 bridgehead atoms. The van der Waals surface area contributed by atoms with E-state index < -0.39 is 10.1 Å². The van der Waals surface area contributed by atoms with Crippen LogP contribution in [0.15, 0.2) is 59.5 Å². The van der Waals surface area contributed by atoms with Crippen molar-refractivity contribution in [1.82, 2.24) is 9.78 Å². The van der Waals surface area contributed by atoms with Crippen molar-refractivity contribution in [3.63, 3.8) is 0 Å². The number of hydrogen-bond acceptors (Lipinski definition) is 4. The highest BCUT2D eigenvalue weighted by molar-refractivity contribution is 7.87. The van der Waals surface area contributed by atoms with Gasteiger partial charge in [-0.25, -0.2) is 0 Å². The Balaban J connectivity index is 1.99. The fourth-order valence-corrected chi connectivity index (χ4v) is 3.78. The molecule has 0 N–H and O–H groups in total. The van der Waals surface area contributed by atoms with Gasteiger partial charge in [-0.05, 0) is 48.1 Å². The van der Waals surface area contributed by atoms with Crippen LogP contribution in [0.3, 0.4) is 0 Å². The van der Waals surface area contributed by atoms with E-state index in [4.69, 9.17) is 4.18 Å². The lowest BCUT2D eigenvalue weighted by Gasteiger charge is -2.19. The SMILES string of the molecule is Cc1ccc(-n2nc(C(C)C)cc2OS(=O)(=O)c2ccc(C(C)(C)C)cc2)cc1. The molecule has 1 aromatic heterocycles. The quantitative estimate of drug-likeness (QED) is 0.529. The number of rotatable bonds is 5. The molecule has 0 saturated carbocycles. The van der Waals surface area contributed by atoms with Crippen molar-refractivity contribution < 1.29 is 12.6 Å². The third kappa shape index (κ3) is 4.70. The fraction of sp³-hybridized carbons (Fsp3) is 0.348. The molecule has 154 valence electrons. The van der Waals surface area contributed by atoms with Crippen molar-refractivity contribution >= 4 is 10.1 Å². The van der Waals surface area contributed by atoms with Crippen LogP contribution in [0.5, 0.6) is 5.88 Å². The van der Waals surface area contributed by atoms with Crippen LogP contribution in [0.25, 0.3) is 5.69 Å². The molecule has 0 unspecified atom stereocenters. The Hall–Kier alpha value is -2.60. The van der Waals surface area contributed by atoms with Gasteiger partial charge in [-0.2, -0.15) is 18.2 Å². The maximum Gasteiger partial charge on any atom is 0.340 e. The standard InChI is InChI=1S/C23H28N2O3S/c1-16(2)21-15-22(25(24-21)19-11-7-17(3)8-12-19)28-29(26,27)20-13-9-18(10-14-20)23(4,5)6/h7-16H,1-6H3. The Morgan fingerprint density at radius 1 is 0.966 bits per heavy atom. The summed E-state index contributed by atoms with van der Waals surface area (Å²) in [7, 11) is -3.99. The molecule has 0 fully saturated rings. The van der Waals surface area contributed by atoms with Gasteiger partial charge in [0, 0.05) is 6.07 Å². The molecule has 0 spiro atoms. The van der Waals surface area contributed by atoms with E-state index in [0.717, 1.165) is 22.5 Å². The van der Waals surface area contributed by atoms with Crippen molar-refractivity contribution in [1.29, 1.82) is 0 Å². The molecular weight excluding hydrogens is 384 g/mol. The van der Waals surface area contributed by atoms with Crippen LogP contribution >= 0.6 is 0 Å². The molecule has 0 amide bonds. The lowest BCUT2D eigenvalue weighted by Crippen LogP contribution is -2.14. The van der Waals surface area contributed by atoms with Gasteiger partial charge in [0.05, 0.1) is 11.4 Å². The van der Waals surface area contributed by atoms with Crippen molar-refractivity contribution in [2.24, 2.45) is 0 Å². The van der Waals surface area contributed by atoms with Crippen LogP contribution in [0, 0.1) is 6.92 Å². The Morgan fingerprint density at radius 3 is 2.07 bits per heavy atom. The van der Waals surface area contributed by atoms with Gasteiger partial charge in [-0.3, -0.25) is 0 Å². The first kappa shape index (κ1) is 21.1. The maximum absolute atomic E-state index is 12.9. The zero-order valence-corrected chi connectivity index (χ0v) is 18.6. The summed E-state index contributed by atoms with van der Waals surface area (Å²) in [6.45, 7) is 12.3. The van der Waals surface area contributed by atoms with E-state index >= 15 is 0 Å². The van der Waals surface area contributed by atoms with E-state index in [-0.39, 0.29) is 22.1 Å². The van der Waals surface area contributed by atoms with E-state index in [9.17, 15) is 8.42 Å². The second kappa shape index (κ2) is 7.67. The summed E-state index contributed by atoms with van der Waals surface area (Å²) in [6, 6.07) is 16.2. The van der Waals surface area contributed by atoms with E-state index in [1.807, 2.05) is 57.2 Å². The van der Waals surface area contributed by atoms with Crippen LogP contribution in [-0.2, 0) is 15.5 Å². The smallest absolute Gasteiger partial charge is 0.340 e. The van der Waals surface area contributed by atoms with Crippen molar-refractivity contribution in [3.8, 4) is 11.6 Å². The summed E-state index contributed by atoms with van der Waals surface area (Å²) < 4.78 is 32.9. The van der Waals surface area contributed by atoms with Crippen molar-refractivity contribution in [3.05, 3.63) is 71.4 Å². The summed E-state index contributed by atoms with van der Waals surface area (Å²) in [5, 5.41) is 4.56. The minimum Gasteiger partial charge on any atom is -0.358 e. The summed E-state index contributed by atoms with van der Waals surface area (Å²) >= 11 is 0. The first-order valence-electron chi connectivity index (χ1n) is 9.69. The lowest BCUT2D eigenvalue weighted by atomic mass is 9.87. The molecule has 29 heavy (non-hydrogen) atoms. The van der Waals surface area contributed by atoms with Gasteiger partial charge < -0.3 is 4.18 Å². The topological polar surface area (TPSA) is 61.2 Å². The Bertz CT molecular complexity index is 1090. The van der Waals surface area contributed by atoms with Gasteiger partial charge in [0.1, 0.15) is 4.90 Å². The molecule has 6 heteroatoms. The normalized spacial score (nSPS) is 12.4. The number of benzene rings is 2. The lowest BCUT2D eigenvalue weighted by molar-refractivity contribution is 0.464. The van der Waals surface area contributed by atoms with Gasteiger partial charge in [-0.1, -0.05) is 64.4 Å². The van der Waals surface area contributed by atoms with Crippen molar-refractivity contribution in [2.75, 3.05) is 0 Å². The molecule has 0 radical (unpaired) electrons. The summed E-state index contributed by atoms with van der Waals surface area (Å²) in [5.74, 6) is 0.315. The van der Waals surface area contributed by atoms with Crippen LogP contribution in [0.2, 0.25) is 0 Å². The van der Waals surface area contributed by atoms with Gasteiger partial charge in [-0.15, -0.1) is 0 Å². The first-order chi connectivity index (χ1) is 13.5. The highest BCUT2D eigenvalue weighted by Gasteiger charge is 2.23. The number of hydrogen-bond donors (Lipinski definition) is 0. The highest BCUT2D eigenvalue weighted by atomic mass is 32.2. The minimum atomic E-state index is -3.99. The van der Waals surface area contributed by atoms with Crippen LogP contribution < -0.4 is 4.18 Å². The predicted octanol–water partition coefficient (Wildman–Crippen LogP) is 5.37. The molecule has 0 aliphatic rings. The largest absolute Gasteiger partial charge is 0.358 e. The molecular formula is C23H28N2O3S. The molecule has 2 aromatic carbocycles. The third-order valence-corrected chi connectivity index (χ3v) is 6.01.